The standard InChI is InChI=1S/C80H69N5O/c1-77(2,3)54-33-35-55(36-34-54)80(69-29-19-17-27-63(69)64-39-37-59(81-10)48-70(64)80)58-43-60(49-62(44-58)86-61-38-40-66-65-28-18-20-30-71(65)85(74(66)50-61)75-47-56(41-42-82-75)78(4,5)6)83-51-84(73-32-22-21-31-72(73)83)76-67(52-23-13-11-14-24-52)45-57(79(7,8)9)46-68(76)53-25-15-12-16-26-53/h11-50H,51H2,1-9H3. The molecule has 0 saturated carbocycles. The molecule has 0 bridgehead atoms. The Hall–Kier alpha value is -9.96. The van der Waals surface area contributed by atoms with Crippen molar-refractivity contribution in [1.82, 2.24) is 9.55 Å². The molecule has 2 aromatic heterocycles. The maximum absolute atomic E-state index is 8.44. The predicted molar refractivity (Wildman–Crippen MR) is 358 cm³/mol. The Morgan fingerprint density at radius 3 is 1.72 bits per heavy atom. The highest BCUT2D eigenvalue weighted by atomic mass is 16.5. The lowest BCUT2D eigenvalue weighted by Gasteiger charge is -2.36. The first-order valence-electron chi connectivity index (χ1n) is 30.0. The number of fused-ring (bicyclic) bond motifs is 7. The smallest absolute Gasteiger partial charge is 0.187 e. The van der Waals surface area contributed by atoms with Crippen LogP contribution in [0.5, 0.6) is 11.5 Å². The van der Waals surface area contributed by atoms with Gasteiger partial charge in [0.05, 0.1) is 40.1 Å². The van der Waals surface area contributed by atoms with E-state index in [1.165, 1.54) is 27.8 Å². The number of aromatic nitrogens is 2. The third-order valence-electron chi connectivity index (χ3n) is 17.9. The van der Waals surface area contributed by atoms with Gasteiger partial charge in [-0.1, -0.05) is 220 Å². The molecule has 10 aromatic carbocycles. The van der Waals surface area contributed by atoms with Gasteiger partial charge in [0.1, 0.15) is 24.0 Å². The molecule has 1 unspecified atom stereocenters. The monoisotopic (exact) mass is 1120 g/mol. The Bertz CT molecular complexity index is 4600. The van der Waals surface area contributed by atoms with Crippen LogP contribution in [0.2, 0.25) is 0 Å². The topological polar surface area (TPSA) is 37.9 Å². The van der Waals surface area contributed by atoms with Gasteiger partial charge < -0.3 is 14.5 Å². The minimum absolute atomic E-state index is 0.0729. The van der Waals surface area contributed by atoms with E-state index in [1.807, 2.05) is 12.3 Å². The first-order valence-corrected chi connectivity index (χ1v) is 30.0. The van der Waals surface area contributed by atoms with E-state index < -0.39 is 5.41 Å². The summed E-state index contributed by atoms with van der Waals surface area (Å²) < 4.78 is 9.77. The normalized spacial score (nSPS) is 14.7. The fourth-order valence-electron chi connectivity index (χ4n) is 13.4. The Balaban J connectivity index is 1.02. The number of hydrogen-bond acceptors (Lipinski definition) is 4. The van der Waals surface area contributed by atoms with Crippen LogP contribution in [0.15, 0.2) is 243 Å². The van der Waals surface area contributed by atoms with E-state index in [0.29, 0.717) is 23.9 Å². The third-order valence-corrected chi connectivity index (χ3v) is 17.9. The molecule has 0 saturated heterocycles. The van der Waals surface area contributed by atoms with Crippen LogP contribution in [0.3, 0.4) is 0 Å². The maximum Gasteiger partial charge on any atom is 0.187 e. The van der Waals surface area contributed by atoms with Crippen molar-refractivity contribution in [1.29, 1.82) is 0 Å². The van der Waals surface area contributed by atoms with Gasteiger partial charge in [-0.15, -0.1) is 0 Å². The van der Waals surface area contributed by atoms with Gasteiger partial charge in [-0.05, 0) is 144 Å². The van der Waals surface area contributed by atoms with E-state index in [9.17, 15) is 0 Å². The van der Waals surface area contributed by atoms with Crippen molar-refractivity contribution >= 4 is 50.2 Å². The van der Waals surface area contributed by atoms with Gasteiger partial charge in [0.15, 0.2) is 5.69 Å². The summed E-state index contributed by atoms with van der Waals surface area (Å²) in [6.07, 6.45) is 1.93. The lowest BCUT2D eigenvalue weighted by molar-refractivity contribution is 0.482. The fourth-order valence-corrected chi connectivity index (χ4v) is 13.4. The van der Waals surface area contributed by atoms with Crippen LogP contribution in [0.25, 0.3) is 65.8 Å². The van der Waals surface area contributed by atoms with Gasteiger partial charge in [-0.3, -0.25) is 4.57 Å². The molecule has 86 heavy (non-hydrogen) atoms. The molecule has 12 aromatic rings. The SMILES string of the molecule is [C-]#[N+]c1ccc2c(c1)C(c1ccc(C(C)(C)C)cc1)(c1cc(Oc3ccc4c5ccccc5n(-c5cc(C(C)(C)C)ccn5)c4c3)cc(N3CN(c4c(-c5ccccc5)cc(C(C)(C)C)cc4-c4ccccc4)c4ccccc43)c1)c1ccccc1-2. The molecule has 0 fully saturated rings. The second kappa shape index (κ2) is 20.4. The van der Waals surface area contributed by atoms with E-state index in [1.54, 1.807) is 0 Å². The van der Waals surface area contributed by atoms with E-state index in [4.69, 9.17) is 16.3 Å². The molecule has 0 spiro atoms. The Morgan fingerprint density at radius 1 is 0.442 bits per heavy atom. The highest BCUT2D eigenvalue weighted by Crippen LogP contribution is 2.59. The van der Waals surface area contributed by atoms with E-state index in [2.05, 4.69) is 312 Å². The largest absolute Gasteiger partial charge is 0.457 e. The zero-order chi connectivity index (χ0) is 59.3. The van der Waals surface area contributed by atoms with E-state index in [0.717, 1.165) is 94.9 Å². The summed E-state index contributed by atoms with van der Waals surface area (Å²) in [5.41, 5.74) is 20.8. The lowest BCUT2D eigenvalue weighted by Crippen LogP contribution is -2.30. The van der Waals surface area contributed by atoms with Crippen LogP contribution in [0.4, 0.5) is 28.4 Å². The van der Waals surface area contributed by atoms with Crippen molar-refractivity contribution in [2.75, 3.05) is 16.5 Å². The quantitative estimate of drug-likeness (QED) is 0.135. The highest BCUT2D eigenvalue weighted by Gasteiger charge is 2.47. The molecule has 0 amide bonds. The van der Waals surface area contributed by atoms with Crippen molar-refractivity contribution in [2.45, 2.75) is 84.0 Å². The number of hydrogen-bond donors (Lipinski definition) is 0. The van der Waals surface area contributed by atoms with Crippen molar-refractivity contribution in [2.24, 2.45) is 0 Å². The maximum atomic E-state index is 8.44. The Morgan fingerprint density at radius 2 is 1.05 bits per heavy atom. The molecule has 14 rings (SSSR count). The number of nitrogens with zero attached hydrogens (tertiary/aromatic N) is 5. The van der Waals surface area contributed by atoms with Crippen molar-refractivity contribution in [3.63, 3.8) is 0 Å². The highest BCUT2D eigenvalue weighted by molar-refractivity contribution is 6.09. The Labute approximate surface area is 506 Å². The van der Waals surface area contributed by atoms with E-state index in [-0.39, 0.29) is 16.2 Å². The summed E-state index contributed by atoms with van der Waals surface area (Å²) in [4.78, 5) is 14.1. The molecule has 2 aliphatic rings. The fraction of sp³-hybridized carbons (Fsp3) is 0.175. The Kier molecular flexibility index (Phi) is 12.8. The van der Waals surface area contributed by atoms with Gasteiger partial charge in [-0.2, -0.15) is 0 Å². The van der Waals surface area contributed by atoms with Gasteiger partial charge in [0, 0.05) is 45.9 Å². The average Bonchev–Trinajstić information content (AvgIpc) is 1.56. The summed E-state index contributed by atoms with van der Waals surface area (Å²) in [7, 11) is 0. The molecule has 1 aliphatic carbocycles. The third kappa shape index (κ3) is 9.04. The number of rotatable bonds is 9. The second-order valence-electron chi connectivity index (χ2n) is 26.4. The average molecular weight is 1120 g/mol. The van der Waals surface area contributed by atoms with Crippen LogP contribution < -0.4 is 14.5 Å². The van der Waals surface area contributed by atoms with Crippen molar-refractivity contribution in [3.05, 3.63) is 293 Å². The van der Waals surface area contributed by atoms with Crippen molar-refractivity contribution in [3.8, 4) is 50.7 Å². The molecule has 0 N–H and O–H groups in total. The molecule has 1 aliphatic heterocycles. The van der Waals surface area contributed by atoms with Crippen LogP contribution in [0.1, 0.15) is 101 Å². The first kappa shape index (κ1) is 54.0. The summed E-state index contributed by atoms with van der Waals surface area (Å²) in [5.74, 6) is 2.24. The molecule has 1 atom stereocenters. The number of para-hydroxylation sites is 3. The number of ether oxygens (including phenoxy) is 1. The molecule has 0 radical (unpaired) electrons. The summed E-state index contributed by atoms with van der Waals surface area (Å²) in [6, 6.07) is 86.1. The summed E-state index contributed by atoms with van der Waals surface area (Å²) in [6.45, 7) is 29.4. The number of pyridine rings is 1. The van der Waals surface area contributed by atoms with Crippen LogP contribution in [-0.4, -0.2) is 16.2 Å². The van der Waals surface area contributed by atoms with Gasteiger partial charge in [0.2, 0.25) is 0 Å². The number of anilines is 4. The second-order valence-corrected chi connectivity index (χ2v) is 26.4. The number of benzene rings is 10. The minimum atomic E-state index is -0.875. The summed E-state index contributed by atoms with van der Waals surface area (Å²) in [5, 5.41) is 2.26. The van der Waals surface area contributed by atoms with E-state index >= 15 is 0 Å². The molecular weight excluding hydrogens is 1050 g/mol. The molecule has 6 nitrogen and oxygen atoms in total. The molecule has 420 valence electrons. The summed E-state index contributed by atoms with van der Waals surface area (Å²) >= 11 is 0. The zero-order valence-corrected chi connectivity index (χ0v) is 50.4. The molecule has 6 heteroatoms. The van der Waals surface area contributed by atoms with Gasteiger partial charge >= 0.3 is 0 Å². The molecule has 3 heterocycles. The van der Waals surface area contributed by atoms with Crippen LogP contribution in [-0.2, 0) is 21.7 Å². The van der Waals surface area contributed by atoms with Gasteiger partial charge in [0.25, 0.3) is 0 Å². The van der Waals surface area contributed by atoms with Crippen molar-refractivity contribution < 1.29 is 4.74 Å². The van der Waals surface area contributed by atoms with Crippen LogP contribution >= 0.6 is 0 Å². The minimum Gasteiger partial charge on any atom is -0.457 e. The lowest BCUT2D eigenvalue weighted by atomic mass is 9.67. The zero-order valence-electron chi connectivity index (χ0n) is 50.4. The molecular formula is C80H69N5O. The van der Waals surface area contributed by atoms with Gasteiger partial charge in [-0.25, -0.2) is 9.83 Å². The predicted octanol–water partition coefficient (Wildman–Crippen LogP) is 21.4. The first-order chi connectivity index (χ1) is 41.5. The van der Waals surface area contributed by atoms with Crippen LogP contribution in [0, 0.1) is 6.57 Å².